The van der Waals surface area contributed by atoms with Gasteiger partial charge < -0.3 is 10.2 Å². The van der Waals surface area contributed by atoms with E-state index < -0.39 is 0 Å². The standard InChI is InChI=1S/C14H20N4O2/c1-17-9-11(7-15-17)16-14(20)10-6-13(19)18(8-10)12-4-2-3-5-12/h7,9-10,12H,2-6,8H2,1H3,(H,16,20). The van der Waals surface area contributed by atoms with Gasteiger partial charge in [-0.1, -0.05) is 12.8 Å². The third-order valence-electron chi connectivity index (χ3n) is 4.27. The molecule has 0 radical (unpaired) electrons. The summed E-state index contributed by atoms with van der Waals surface area (Å²) in [6.45, 7) is 0.565. The van der Waals surface area contributed by atoms with E-state index >= 15 is 0 Å². The van der Waals surface area contributed by atoms with E-state index in [1.165, 1.54) is 12.8 Å². The number of hydrogen-bond acceptors (Lipinski definition) is 3. The average molecular weight is 276 g/mol. The summed E-state index contributed by atoms with van der Waals surface area (Å²) in [5.41, 5.74) is 0.685. The van der Waals surface area contributed by atoms with Crippen LogP contribution in [0.4, 0.5) is 5.69 Å². The average Bonchev–Trinajstić information content (AvgIpc) is 3.10. The van der Waals surface area contributed by atoms with Crippen molar-refractivity contribution >= 4 is 17.5 Å². The van der Waals surface area contributed by atoms with Crippen LogP contribution in [0.15, 0.2) is 12.4 Å². The van der Waals surface area contributed by atoms with Gasteiger partial charge in [0.2, 0.25) is 11.8 Å². The van der Waals surface area contributed by atoms with Gasteiger partial charge in [0.15, 0.2) is 0 Å². The van der Waals surface area contributed by atoms with Gasteiger partial charge in [0.25, 0.3) is 0 Å². The fourth-order valence-corrected chi connectivity index (χ4v) is 3.21. The van der Waals surface area contributed by atoms with Gasteiger partial charge in [0.05, 0.1) is 17.8 Å². The highest BCUT2D eigenvalue weighted by Crippen LogP contribution is 2.29. The third kappa shape index (κ3) is 2.55. The van der Waals surface area contributed by atoms with Crippen molar-refractivity contribution in [1.29, 1.82) is 0 Å². The Morgan fingerprint density at radius 3 is 2.80 bits per heavy atom. The van der Waals surface area contributed by atoms with Crippen molar-refractivity contribution in [2.24, 2.45) is 13.0 Å². The van der Waals surface area contributed by atoms with Gasteiger partial charge in [0.1, 0.15) is 0 Å². The lowest BCUT2D eigenvalue weighted by atomic mass is 10.1. The molecular weight excluding hydrogens is 256 g/mol. The molecule has 1 aliphatic carbocycles. The van der Waals surface area contributed by atoms with E-state index in [1.54, 1.807) is 24.1 Å². The van der Waals surface area contributed by atoms with Crippen molar-refractivity contribution in [1.82, 2.24) is 14.7 Å². The van der Waals surface area contributed by atoms with Crippen molar-refractivity contribution < 1.29 is 9.59 Å². The van der Waals surface area contributed by atoms with Gasteiger partial charge in [-0.15, -0.1) is 0 Å². The first kappa shape index (κ1) is 13.1. The van der Waals surface area contributed by atoms with Crippen molar-refractivity contribution in [2.45, 2.75) is 38.1 Å². The normalized spacial score (nSPS) is 23.6. The lowest BCUT2D eigenvalue weighted by Gasteiger charge is -2.23. The molecule has 2 aliphatic rings. The number of nitrogens with zero attached hydrogens (tertiary/aromatic N) is 3. The number of carbonyl (C=O) groups excluding carboxylic acids is 2. The van der Waals surface area contributed by atoms with Gasteiger partial charge in [0, 0.05) is 32.3 Å². The summed E-state index contributed by atoms with van der Waals surface area (Å²) in [5, 5.41) is 6.85. The molecule has 3 rings (SSSR count). The molecule has 2 fully saturated rings. The van der Waals surface area contributed by atoms with Crippen molar-refractivity contribution in [3.63, 3.8) is 0 Å². The highest BCUT2D eigenvalue weighted by molar-refractivity contribution is 5.97. The molecule has 6 nitrogen and oxygen atoms in total. The van der Waals surface area contributed by atoms with Crippen LogP contribution in [0, 0.1) is 5.92 Å². The summed E-state index contributed by atoms with van der Waals surface area (Å²) in [6.07, 6.45) is 8.27. The highest BCUT2D eigenvalue weighted by atomic mass is 16.2. The minimum absolute atomic E-state index is 0.0770. The summed E-state index contributed by atoms with van der Waals surface area (Å²) < 4.78 is 1.64. The lowest BCUT2D eigenvalue weighted by Crippen LogP contribution is -2.35. The van der Waals surface area contributed by atoms with Crippen molar-refractivity contribution in [2.75, 3.05) is 11.9 Å². The Morgan fingerprint density at radius 2 is 2.15 bits per heavy atom. The molecule has 1 atom stereocenters. The minimum Gasteiger partial charge on any atom is -0.339 e. The first-order valence-electron chi connectivity index (χ1n) is 7.22. The molecule has 1 unspecified atom stereocenters. The van der Waals surface area contributed by atoms with Gasteiger partial charge in [-0.3, -0.25) is 14.3 Å². The molecule has 0 aromatic carbocycles. The van der Waals surface area contributed by atoms with E-state index in [4.69, 9.17) is 0 Å². The molecule has 1 aliphatic heterocycles. The second-order valence-electron chi connectivity index (χ2n) is 5.78. The zero-order chi connectivity index (χ0) is 14.1. The lowest BCUT2D eigenvalue weighted by molar-refractivity contribution is -0.129. The Labute approximate surface area is 118 Å². The van der Waals surface area contributed by atoms with Crippen molar-refractivity contribution in [3.8, 4) is 0 Å². The van der Waals surface area contributed by atoms with Crippen LogP contribution in [0.5, 0.6) is 0 Å². The molecule has 1 N–H and O–H groups in total. The Kier molecular flexibility index (Phi) is 3.46. The van der Waals surface area contributed by atoms with E-state index in [-0.39, 0.29) is 17.7 Å². The van der Waals surface area contributed by atoms with Crippen LogP contribution in [0.2, 0.25) is 0 Å². The number of likely N-dealkylation sites (tertiary alicyclic amines) is 1. The predicted octanol–water partition coefficient (Wildman–Crippen LogP) is 1.15. The van der Waals surface area contributed by atoms with Crippen LogP contribution in [0.25, 0.3) is 0 Å². The zero-order valence-corrected chi connectivity index (χ0v) is 11.7. The number of nitrogens with one attached hydrogen (secondary N) is 1. The maximum atomic E-state index is 12.2. The van der Waals surface area contributed by atoms with Gasteiger partial charge in [-0.25, -0.2) is 0 Å². The maximum Gasteiger partial charge on any atom is 0.229 e. The number of hydrogen-bond donors (Lipinski definition) is 1. The summed E-state index contributed by atoms with van der Waals surface area (Å²) in [7, 11) is 1.80. The molecule has 20 heavy (non-hydrogen) atoms. The number of amides is 2. The number of anilines is 1. The third-order valence-corrected chi connectivity index (χ3v) is 4.27. The number of carbonyl (C=O) groups is 2. The molecule has 6 heteroatoms. The molecule has 0 spiro atoms. The van der Waals surface area contributed by atoms with Gasteiger partial charge >= 0.3 is 0 Å². The zero-order valence-electron chi connectivity index (χ0n) is 11.7. The van der Waals surface area contributed by atoms with Gasteiger partial charge in [-0.05, 0) is 12.8 Å². The molecule has 1 saturated carbocycles. The second-order valence-corrected chi connectivity index (χ2v) is 5.78. The Bertz CT molecular complexity index is 519. The molecule has 2 amide bonds. The van der Waals surface area contributed by atoms with Crippen LogP contribution >= 0.6 is 0 Å². The Hall–Kier alpha value is -1.85. The fourth-order valence-electron chi connectivity index (χ4n) is 3.21. The van der Waals surface area contributed by atoms with Crippen LogP contribution < -0.4 is 5.32 Å². The first-order valence-corrected chi connectivity index (χ1v) is 7.22. The monoisotopic (exact) mass is 276 g/mol. The molecular formula is C14H20N4O2. The molecule has 1 saturated heterocycles. The SMILES string of the molecule is Cn1cc(NC(=O)C2CC(=O)N(C3CCCC3)C2)cn1. The topological polar surface area (TPSA) is 67.2 Å². The summed E-state index contributed by atoms with van der Waals surface area (Å²) in [5.74, 6) is -0.182. The van der Waals surface area contributed by atoms with Crippen LogP contribution in [0.1, 0.15) is 32.1 Å². The molecule has 108 valence electrons. The first-order chi connectivity index (χ1) is 9.63. The Balaban J connectivity index is 1.60. The minimum atomic E-state index is -0.233. The number of aromatic nitrogens is 2. The van der Waals surface area contributed by atoms with Crippen LogP contribution in [-0.2, 0) is 16.6 Å². The van der Waals surface area contributed by atoms with Crippen LogP contribution in [-0.4, -0.2) is 39.1 Å². The summed E-state index contributed by atoms with van der Waals surface area (Å²) >= 11 is 0. The smallest absolute Gasteiger partial charge is 0.229 e. The predicted molar refractivity (Wildman–Crippen MR) is 73.9 cm³/mol. The molecule has 2 heterocycles. The quantitative estimate of drug-likeness (QED) is 0.900. The van der Waals surface area contributed by atoms with Crippen molar-refractivity contribution in [3.05, 3.63) is 12.4 Å². The van der Waals surface area contributed by atoms with E-state index in [0.717, 1.165) is 12.8 Å². The summed E-state index contributed by atoms with van der Waals surface area (Å²) in [4.78, 5) is 26.2. The second kappa shape index (κ2) is 5.26. The Morgan fingerprint density at radius 1 is 1.40 bits per heavy atom. The number of rotatable bonds is 3. The van der Waals surface area contributed by atoms with E-state index in [9.17, 15) is 9.59 Å². The molecule has 0 bridgehead atoms. The highest BCUT2D eigenvalue weighted by Gasteiger charge is 2.38. The molecule has 1 aromatic rings. The largest absolute Gasteiger partial charge is 0.339 e. The maximum absolute atomic E-state index is 12.2. The number of aryl methyl sites for hydroxylation is 1. The fraction of sp³-hybridized carbons (Fsp3) is 0.643. The summed E-state index contributed by atoms with van der Waals surface area (Å²) in [6, 6.07) is 0.360. The van der Waals surface area contributed by atoms with E-state index in [2.05, 4.69) is 10.4 Å². The van der Waals surface area contributed by atoms with Gasteiger partial charge in [-0.2, -0.15) is 5.10 Å². The molecule has 1 aromatic heterocycles. The van der Waals surface area contributed by atoms with Crippen LogP contribution in [0.3, 0.4) is 0 Å². The van der Waals surface area contributed by atoms with E-state index in [0.29, 0.717) is 24.7 Å². The van der Waals surface area contributed by atoms with E-state index in [1.807, 2.05) is 4.90 Å².